The van der Waals surface area contributed by atoms with Crippen molar-refractivity contribution in [3.63, 3.8) is 0 Å². The molecule has 1 heterocycles. The molecule has 0 fully saturated rings. The lowest BCUT2D eigenvalue weighted by molar-refractivity contribution is 0.0914. The number of carboxylic acid groups (broad SMARTS) is 1. The number of hydrogen-bond donors (Lipinski definition) is 2. The fourth-order valence-electron chi connectivity index (χ4n) is 1.57. The van der Waals surface area contributed by atoms with Crippen LogP contribution >= 0.6 is 0 Å². The van der Waals surface area contributed by atoms with Crippen molar-refractivity contribution in [1.82, 2.24) is 9.88 Å². The zero-order valence-electron chi connectivity index (χ0n) is 8.68. The minimum absolute atomic E-state index is 0.323. The van der Waals surface area contributed by atoms with Crippen LogP contribution < -0.4 is 5.32 Å². The van der Waals surface area contributed by atoms with Gasteiger partial charge in [0.05, 0.1) is 5.52 Å². The molecule has 0 spiro atoms. The van der Waals surface area contributed by atoms with Gasteiger partial charge in [0, 0.05) is 11.6 Å². The Kier molecular flexibility index (Phi) is 2.78. The number of amides is 1. The van der Waals surface area contributed by atoms with E-state index >= 15 is 0 Å². The molecule has 0 aliphatic heterocycles. The van der Waals surface area contributed by atoms with Crippen LogP contribution in [0, 0.1) is 5.82 Å². The van der Waals surface area contributed by atoms with Gasteiger partial charge in [-0.2, -0.15) is 0 Å². The Labute approximate surface area is 95.5 Å². The molecule has 0 saturated carbocycles. The molecule has 1 aromatic carbocycles. The van der Waals surface area contributed by atoms with Crippen LogP contribution in [-0.4, -0.2) is 28.2 Å². The van der Waals surface area contributed by atoms with Gasteiger partial charge >= 0.3 is 6.09 Å². The number of carbonyl (C=O) groups excluding carboxylic acids is 1. The van der Waals surface area contributed by atoms with Gasteiger partial charge in [-0.15, -0.1) is 0 Å². The van der Waals surface area contributed by atoms with Crippen molar-refractivity contribution >= 4 is 22.9 Å². The first-order valence-corrected chi connectivity index (χ1v) is 4.84. The lowest BCUT2D eigenvalue weighted by Gasteiger charge is -2.03. The van der Waals surface area contributed by atoms with Crippen LogP contribution in [0.3, 0.4) is 0 Å². The summed E-state index contributed by atoms with van der Waals surface area (Å²) >= 11 is 0. The third-order valence-electron chi connectivity index (χ3n) is 2.31. The largest absolute Gasteiger partial charge is 0.465 e. The number of benzene rings is 1. The second kappa shape index (κ2) is 4.25. The fraction of sp³-hybridized carbons (Fsp3) is 0.0909. The van der Waals surface area contributed by atoms with Crippen molar-refractivity contribution in [2.24, 2.45) is 0 Å². The van der Waals surface area contributed by atoms with Crippen LogP contribution in [-0.2, 0) is 0 Å². The van der Waals surface area contributed by atoms with Crippen LogP contribution in [0.1, 0.15) is 4.79 Å². The Morgan fingerprint density at radius 2 is 2.12 bits per heavy atom. The average molecular weight is 236 g/mol. The number of nitrogens with zero attached hydrogens (tertiary/aromatic N) is 1. The summed E-state index contributed by atoms with van der Waals surface area (Å²) in [5.41, 5.74) is 0.545. The van der Waals surface area contributed by atoms with E-state index in [9.17, 15) is 14.0 Å². The van der Waals surface area contributed by atoms with Gasteiger partial charge in [0.2, 0.25) is 0 Å². The van der Waals surface area contributed by atoms with Gasteiger partial charge in [0.15, 0.2) is 0 Å². The monoisotopic (exact) mass is 236 g/mol. The summed E-state index contributed by atoms with van der Waals surface area (Å²) in [6.45, 7) is -0.323. The average Bonchev–Trinajstić information content (AvgIpc) is 2.68. The molecule has 0 aliphatic carbocycles. The quantitative estimate of drug-likeness (QED) is 0.833. The maximum Gasteiger partial charge on any atom is 0.405 e. The van der Waals surface area contributed by atoms with E-state index in [-0.39, 0.29) is 12.4 Å². The zero-order chi connectivity index (χ0) is 12.4. The predicted octanol–water partition coefficient (Wildman–Crippen LogP) is 1.69. The number of nitrogens with one attached hydrogen (secondary N) is 1. The molecular weight excluding hydrogens is 227 g/mol. The molecule has 0 saturated heterocycles. The molecule has 2 aromatic rings. The molecule has 0 atom stereocenters. The Morgan fingerprint density at radius 1 is 1.35 bits per heavy atom. The minimum Gasteiger partial charge on any atom is -0.465 e. The van der Waals surface area contributed by atoms with Gasteiger partial charge in [0.1, 0.15) is 12.4 Å². The molecule has 2 N–H and O–H groups in total. The second-order valence-electron chi connectivity index (χ2n) is 3.44. The third kappa shape index (κ3) is 2.25. The molecule has 1 amide bonds. The van der Waals surface area contributed by atoms with Crippen molar-refractivity contribution in [2.75, 3.05) is 6.54 Å². The summed E-state index contributed by atoms with van der Waals surface area (Å²) in [5, 5.41) is 11.0. The van der Waals surface area contributed by atoms with Crippen molar-refractivity contribution in [2.45, 2.75) is 0 Å². The minimum atomic E-state index is -1.26. The molecular formula is C11H9FN2O3. The van der Waals surface area contributed by atoms with E-state index in [0.717, 1.165) is 0 Å². The highest BCUT2D eigenvalue weighted by molar-refractivity contribution is 5.94. The maximum atomic E-state index is 12.9. The van der Waals surface area contributed by atoms with Crippen molar-refractivity contribution < 1.29 is 19.1 Å². The number of aromatic nitrogens is 1. The van der Waals surface area contributed by atoms with Gasteiger partial charge in [0.25, 0.3) is 5.91 Å². The summed E-state index contributed by atoms with van der Waals surface area (Å²) in [4.78, 5) is 21.9. The highest BCUT2D eigenvalue weighted by Crippen LogP contribution is 2.16. The molecule has 2 rings (SSSR count). The second-order valence-corrected chi connectivity index (χ2v) is 3.44. The molecule has 17 heavy (non-hydrogen) atoms. The van der Waals surface area contributed by atoms with E-state index in [2.05, 4.69) is 0 Å². The van der Waals surface area contributed by atoms with Gasteiger partial charge in [-0.05, 0) is 24.3 Å². The van der Waals surface area contributed by atoms with Gasteiger partial charge in [-0.1, -0.05) is 0 Å². The van der Waals surface area contributed by atoms with E-state index in [1.165, 1.54) is 29.0 Å². The van der Waals surface area contributed by atoms with E-state index in [1.54, 1.807) is 6.07 Å². The highest BCUT2D eigenvalue weighted by Gasteiger charge is 2.10. The lowest BCUT2D eigenvalue weighted by Crippen LogP contribution is -2.30. The number of fused-ring (bicyclic) bond motifs is 1. The number of rotatable bonds is 2. The molecule has 1 aromatic heterocycles. The smallest absolute Gasteiger partial charge is 0.405 e. The summed E-state index contributed by atoms with van der Waals surface area (Å²) < 4.78 is 14.2. The number of carbonyl (C=O) groups is 2. The summed E-state index contributed by atoms with van der Waals surface area (Å²) in [6.07, 6.45) is 0.219. The van der Waals surface area contributed by atoms with Crippen LogP contribution in [0.25, 0.3) is 10.9 Å². The topological polar surface area (TPSA) is 71.3 Å². The molecule has 0 radical (unpaired) electrons. The van der Waals surface area contributed by atoms with E-state index in [4.69, 9.17) is 5.11 Å². The predicted molar refractivity (Wildman–Crippen MR) is 58.6 cm³/mol. The highest BCUT2D eigenvalue weighted by atomic mass is 19.1. The van der Waals surface area contributed by atoms with E-state index in [0.29, 0.717) is 10.9 Å². The van der Waals surface area contributed by atoms with Gasteiger partial charge in [-0.25, -0.2) is 9.18 Å². The third-order valence-corrected chi connectivity index (χ3v) is 2.31. The molecule has 0 aliphatic rings. The Morgan fingerprint density at radius 3 is 2.82 bits per heavy atom. The first-order chi connectivity index (χ1) is 8.08. The first-order valence-electron chi connectivity index (χ1n) is 4.84. The van der Waals surface area contributed by atoms with Gasteiger partial charge in [-0.3, -0.25) is 9.36 Å². The Balaban J connectivity index is 2.29. The van der Waals surface area contributed by atoms with Crippen LogP contribution in [0.5, 0.6) is 0 Å². The fourth-order valence-corrected chi connectivity index (χ4v) is 1.57. The maximum absolute atomic E-state index is 12.9. The molecule has 88 valence electrons. The molecule has 5 nitrogen and oxygen atoms in total. The first kappa shape index (κ1) is 11.1. The Bertz CT molecular complexity index is 591. The van der Waals surface area contributed by atoms with E-state index in [1.807, 2.05) is 5.32 Å². The van der Waals surface area contributed by atoms with Crippen LogP contribution in [0.15, 0.2) is 30.5 Å². The normalized spacial score (nSPS) is 10.4. The number of halogens is 1. The molecule has 0 unspecified atom stereocenters. The standard InChI is InChI=1S/C11H9FN2O3/c12-8-1-2-9-7(5-8)3-4-14(9)10(15)6-13-11(16)17/h1-5,13H,6H2,(H,16,17). The van der Waals surface area contributed by atoms with Crippen LogP contribution in [0.4, 0.5) is 9.18 Å². The summed E-state index contributed by atoms with van der Waals surface area (Å²) in [5.74, 6) is -0.805. The SMILES string of the molecule is O=C(O)NCC(=O)n1ccc2cc(F)ccc21. The van der Waals surface area contributed by atoms with E-state index < -0.39 is 12.0 Å². The molecule has 0 bridgehead atoms. The summed E-state index contributed by atoms with van der Waals surface area (Å²) in [7, 11) is 0. The van der Waals surface area contributed by atoms with Crippen molar-refractivity contribution in [1.29, 1.82) is 0 Å². The Hall–Kier alpha value is -2.37. The van der Waals surface area contributed by atoms with Crippen LogP contribution in [0.2, 0.25) is 0 Å². The summed E-state index contributed by atoms with van der Waals surface area (Å²) in [6, 6.07) is 5.63. The molecule has 6 heteroatoms. The van der Waals surface area contributed by atoms with Crippen molar-refractivity contribution in [3.05, 3.63) is 36.3 Å². The zero-order valence-corrected chi connectivity index (χ0v) is 8.68. The number of hydrogen-bond acceptors (Lipinski definition) is 2. The van der Waals surface area contributed by atoms with Gasteiger partial charge < -0.3 is 10.4 Å². The lowest BCUT2D eigenvalue weighted by atomic mass is 10.2. The van der Waals surface area contributed by atoms with Crippen molar-refractivity contribution in [3.8, 4) is 0 Å².